The van der Waals surface area contributed by atoms with Crippen LogP contribution in [-0.2, 0) is 6.61 Å². The maximum atomic E-state index is 12.6. The van der Waals surface area contributed by atoms with Gasteiger partial charge in [-0.25, -0.2) is 5.43 Å². The average Bonchev–Trinajstić information content (AvgIpc) is 2.79. The molecule has 0 aliphatic heterocycles. The molecule has 160 valence electrons. The predicted molar refractivity (Wildman–Crippen MR) is 133 cm³/mol. The van der Waals surface area contributed by atoms with E-state index in [1.165, 1.54) is 6.21 Å². The molecule has 1 amide bonds. The van der Waals surface area contributed by atoms with Crippen LogP contribution in [0.5, 0.6) is 11.5 Å². The number of aromatic hydroxyl groups is 1. The fraction of sp³-hybridized carbons (Fsp3) is 0.0400. The minimum absolute atomic E-state index is 0.0997. The Morgan fingerprint density at radius 1 is 0.938 bits per heavy atom. The van der Waals surface area contributed by atoms with Crippen molar-refractivity contribution < 1.29 is 14.6 Å². The SMILES string of the molecule is O=C(NN=Cc1cc(Br)ccc1OCc1ccc(Br)cc1)c1cc2ccccc2cc1O. The van der Waals surface area contributed by atoms with Crippen molar-refractivity contribution in [2.45, 2.75) is 6.61 Å². The lowest BCUT2D eigenvalue weighted by molar-refractivity contribution is 0.0952. The first-order chi connectivity index (χ1) is 15.5. The van der Waals surface area contributed by atoms with Gasteiger partial charge >= 0.3 is 0 Å². The van der Waals surface area contributed by atoms with Crippen LogP contribution in [0.3, 0.4) is 0 Å². The second kappa shape index (κ2) is 9.97. The molecule has 4 rings (SSSR count). The summed E-state index contributed by atoms with van der Waals surface area (Å²) >= 11 is 6.87. The van der Waals surface area contributed by atoms with Crippen molar-refractivity contribution >= 4 is 54.8 Å². The fourth-order valence-corrected chi connectivity index (χ4v) is 3.77. The number of ether oxygens (including phenoxy) is 1. The van der Waals surface area contributed by atoms with E-state index in [0.29, 0.717) is 17.9 Å². The van der Waals surface area contributed by atoms with Crippen LogP contribution in [-0.4, -0.2) is 17.2 Å². The lowest BCUT2D eigenvalue weighted by Gasteiger charge is -2.10. The second-order valence-corrected chi connectivity index (χ2v) is 8.84. The Morgan fingerprint density at radius 3 is 2.38 bits per heavy atom. The van der Waals surface area contributed by atoms with Crippen LogP contribution in [0.25, 0.3) is 10.8 Å². The van der Waals surface area contributed by atoms with Crippen molar-refractivity contribution in [3.8, 4) is 11.5 Å². The molecule has 0 radical (unpaired) electrons. The summed E-state index contributed by atoms with van der Waals surface area (Å²) in [5, 5.41) is 16.0. The molecule has 4 aromatic carbocycles. The standard InChI is InChI=1S/C25H18Br2N2O3/c26-20-7-5-16(6-8-20)15-32-24-10-9-21(27)11-19(24)14-28-29-25(31)22-12-17-3-1-2-4-18(17)13-23(22)30/h1-14,30H,15H2,(H,29,31). The summed E-state index contributed by atoms with van der Waals surface area (Å²) in [4.78, 5) is 12.6. The van der Waals surface area contributed by atoms with Gasteiger partial charge in [0.25, 0.3) is 5.91 Å². The third-order valence-electron chi connectivity index (χ3n) is 4.76. The van der Waals surface area contributed by atoms with Gasteiger partial charge in [0.2, 0.25) is 0 Å². The topological polar surface area (TPSA) is 70.9 Å². The van der Waals surface area contributed by atoms with Gasteiger partial charge in [-0.05, 0) is 58.8 Å². The van der Waals surface area contributed by atoms with Crippen molar-refractivity contribution in [1.29, 1.82) is 0 Å². The predicted octanol–water partition coefficient (Wildman–Crippen LogP) is 6.41. The van der Waals surface area contributed by atoms with E-state index < -0.39 is 5.91 Å². The van der Waals surface area contributed by atoms with Crippen LogP contribution in [0.15, 0.2) is 92.9 Å². The molecule has 0 aliphatic carbocycles. The molecule has 0 spiro atoms. The van der Waals surface area contributed by atoms with E-state index in [9.17, 15) is 9.90 Å². The Balaban J connectivity index is 1.48. The third kappa shape index (κ3) is 5.36. The molecule has 0 unspecified atom stereocenters. The molecule has 0 bridgehead atoms. The minimum Gasteiger partial charge on any atom is -0.507 e. The van der Waals surface area contributed by atoms with Crippen molar-refractivity contribution in [2.24, 2.45) is 5.10 Å². The number of benzene rings is 4. The van der Waals surface area contributed by atoms with Crippen molar-refractivity contribution in [3.63, 3.8) is 0 Å². The first-order valence-corrected chi connectivity index (χ1v) is 11.3. The van der Waals surface area contributed by atoms with E-state index in [2.05, 4.69) is 42.4 Å². The zero-order chi connectivity index (χ0) is 22.5. The molecule has 0 atom stereocenters. The zero-order valence-corrected chi connectivity index (χ0v) is 19.9. The van der Waals surface area contributed by atoms with Crippen LogP contribution in [0.2, 0.25) is 0 Å². The molecule has 32 heavy (non-hydrogen) atoms. The maximum Gasteiger partial charge on any atom is 0.275 e. The first-order valence-electron chi connectivity index (χ1n) is 9.71. The van der Waals surface area contributed by atoms with E-state index >= 15 is 0 Å². The highest BCUT2D eigenvalue weighted by Gasteiger charge is 2.12. The highest BCUT2D eigenvalue weighted by Crippen LogP contribution is 2.25. The zero-order valence-electron chi connectivity index (χ0n) is 16.8. The lowest BCUT2D eigenvalue weighted by atomic mass is 10.1. The molecule has 2 N–H and O–H groups in total. The Morgan fingerprint density at radius 2 is 1.62 bits per heavy atom. The van der Waals surface area contributed by atoms with Crippen molar-refractivity contribution in [2.75, 3.05) is 0 Å². The Hall–Kier alpha value is -3.16. The number of phenols is 1. The van der Waals surface area contributed by atoms with Gasteiger partial charge in [0.1, 0.15) is 18.1 Å². The van der Waals surface area contributed by atoms with Crippen LogP contribution < -0.4 is 10.2 Å². The number of hydrazone groups is 1. The summed E-state index contributed by atoms with van der Waals surface area (Å²) in [6, 6.07) is 24.1. The van der Waals surface area contributed by atoms with Gasteiger partial charge in [-0.1, -0.05) is 68.3 Å². The number of hydrogen-bond donors (Lipinski definition) is 2. The quantitative estimate of drug-likeness (QED) is 0.214. The molecule has 0 heterocycles. The van der Waals surface area contributed by atoms with Crippen LogP contribution >= 0.6 is 31.9 Å². The molecular formula is C25H18Br2N2O3. The van der Waals surface area contributed by atoms with Gasteiger partial charge in [0.05, 0.1) is 11.8 Å². The highest BCUT2D eigenvalue weighted by molar-refractivity contribution is 9.10. The van der Waals surface area contributed by atoms with Gasteiger partial charge in [0, 0.05) is 14.5 Å². The summed E-state index contributed by atoms with van der Waals surface area (Å²) in [6.45, 7) is 0.396. The van der Waals surface area contributed by atoms with Crippen LogP contribution in [0, 0.1) is 0 Å². The summed E-state index contributed by atoms with van der Waals surface area (Å²) in [5.74, 6) is 0.0249. The molecule has 4 aromatic rings. The molecule has 0 fully saturated rings. The average molecular weight is 554 g/mol. The maximum absolute atomic E-state index is 12.6. The van der Waals surface area contributed by atoms with Gasteiger partial charge in [0.15, 0.2) is 0 Å². The number of rotatable bonds is 6. The first kappa shape index (κ1) is 22.0. The largest absolute Gasteiger partial charge is 0.507 e. The number of nitrogens with one attached hydrogen (secondary N) is 1. The minimum atomic E-state index is -0.503. The molecule has 0 saturated carbocycles. The number of hydrogen-bond acceptors (Lipinski definition) is 4. The van der Waals surface area contributed by atoms with Crippen molar-refractivity contribution in [3.05, 3.63) is 104 Å². The van der Waals surface area contributed by atoms with Gasteiger partial charge in [-0.2, -0.15) is 5.10 Å². The molecule has 0 aromatic heterocycles. The monoisotopic (exact) mass is 552 g/mol. The third-order valence-corrected chi connectivity index (χ3v) is 5.78. The van der Waals surface area contributed by atoms with E-state index in [0.717, 1.165) is 25.3 Å². The molecule has 7 heteroatoms. The van der Waals surface area contributed by atoms with Gasteiger partial charge < -0.3 is 9.84 Å². The molecular weight excluding hydrogens is 536 g/mol. The number of carbonyl (C=O) groups is 1. The lowest BCUT2D eigenvalue weighted by Crippen LogP contribution is -2.17. The summed E-state index contributed by atoms with van der Waals surface area (Å²) < 4.78 is 7.81. The van der Waals surface area contributed by atoms with E-state index in [4.69, 9.17) is 4.74 Å². The number of carbonyl (C=O) groups excluding carboxylic acids is 1. The highest BCUT2D eigenvalue weighted by atomic mass is 79.9. The van der Waals surface area contributed by atoms with E-state index in [1.54, 1.807) is 12.1 Å². The number of phenolic OH excluding ortho intramolecular Hbond substituents is 1. The number of halogens is 2. The summed E-state index contributed by atoms with van der Waals surface area (Å²) in [6.07, 6.45) is 1.51. The molecule has 5 nitrogen and oxygen atoms in total. The fourth-order valence-electron chi connectivity index (χ4n) is 3.12. The summed E-state index contributed by atoms with van der Waals surface area (Å²) in [7, 11) is 0. The normalized spacial score (nSPS) is 11.1. The van der Waals surface area contributed by atoms with Gasteiger partial charge in [-0.3, -0.25) is 4.79 Å². The van der Waals surface area contributed by atoms with E-state index in [1.807, 2.05) is 66.7 Å². The second-order valence-electron chi connectivity index (χ2n) is 7.01. The Labute approximate surface area is 202 Å². The Bertz CT molecular complexity index is 1300. The number of nitrogens with zero attached hydrogens (tertiary/aromatic N) is 1. The van der Waals surface area contributed by atoms with Crippen LogP contribution in [0.1, 0.15) is 21.5 Å². The van der Waals surface area contributed by atoms with Gasteiger partial charge in [-0.15, -0.1) is 0 Å². The van der Waals surface area contributed by atoms with Crippen molar-refractivity contribution in [1.82, 2.24) is 5.43 Å². The summed E-state index contributed by atoms with van der Waals surface area (Å²) in [5.41, 5.74) is 4.35. The number of amides is 1. The Kier molecular flexibility index (Phi) is 6.87. The molecule has 0 saturated heterocycles. The molecule has 0 aliphatic rings. The number of fused-ring (bicyclic) bond motifs is 1. The smallest absolute Gasteiger partial charge is 0.275 e. The van der Waals surface area contributed by atoms with Crippen LogP contribution in [0.4, 0.5) is 0 Å². The van der Waals surface area contributed by atoms with E-state index in [-0.39, 0.29) is 11.3 Å².